The van der Waals surface area contributed by atoms with Crippen molar-refractivity contribution >= 4 is 11.0 Å². The Balaban J connectivity index is 2.34. The summed E-state index contributed by atoms with van der Waals surface area (Å²) in [6.07, 6.45) is 0. The van der Waals surface area contributed by atoms with Crippen molar-refractivity contribution in [1.29, 1.82) is 0 Å². The van der Waals surface area contributed by atoms with Crippen LogP contribution in [0.25, 0.3) is 22.3 Å². The van der Waals surface area contributed by atoms with Gasteiger partial charge in [0.05, 0.1) is 22.4 Å². The van der Waals surface area contributed by atoms with E-state index in [2.05, 4.69) is 39.0 Å². The van der Waals surface area contributed by atoms with Crippen LogP contribution in [0, 0.1) is 6.92 Å². The van der Waals surface area contributed by atoms with E-state index in [1.165, 1.54) is 5.56 Å². The third-order valence-electron chi connectivity index (χ3n) is 3.52. The van der Waals surface area contributed by atoms with Crippen LogP contribution in [0.15, 0.2) is 48.5 Å². The quantitative estimate of drug-likeness (QED) is 0.667. The summed E-state index contributed by atoms with van der Waals surface area (Å²) >= 11 is 0. The molecule has 100 valence electrons. The first kappa shape index (κ1) is 12.8. The molecule has 0 aliphatic rings. The van der Waals surface area contributed by atoms with Crippen LogP contribution >= 0.6 is 0 Å². The van der Waals surface area contributed by atoms with Gasteiger partial charge in [-0.15, -0.1) is 0 Å². The molecule has 0 saturated heterocycles. The zero-order valence-electron chi connectivity index (χ0n) is 12.1. The van der Waals surface area contributed by atoms with Crippen LogP contribution < -0.4 is 0 Å². The summed E-state index contributed by atoms with van der Waals surface area (Å²) < 4.78 is 0. The molecular formula is C18H18N2. The molecule has 0 aliphatic heterocycles. The van der Waals surface area contributed by atoms with Gasteiger partial charge in [-0.05, 0) is 24.5 Å². The second kappa shape index (κ2) is 5.04. The molecule has 3 aromatic rings. The summed E-state index contributed by atoms with van der Waals surface area (Å²) in [6, 6.07) is 16.5. The first-order chi connectivity index (χ1) is 9.66. The lowest BCUT2D eigenvalue weighted by molar-refractivity contribution is 0.825. The molecule has 0 amide bonds. The summed E-state index contributed by atoms with van der Waals surface area (Å²) in [7, 11) is 0. The summed E-state index contributed by atoms with van der Waals surface area (Å²) in [5.74, 6) is 0.350. The number of fused-ring (bicyclic) bond motifs is 1. The van der Waals surface area contributed by atoms with Crippen molar-refractivity contribution in [3.05, 3.63) is 59.8 Å². The molecule has 1 aromatic heterocycles. The highest BCUT2D eigenvalue weighted by Gasteiger charge is 2.14. The lowest BCUT2D eigenvalue weighted by atomic mass is 10.0. The molecule has 0 N–H and O–H groups in total. The Labute approximate surface area is 119 Å². The van der Waals surface area contributed by atoms with Gasteiger partial charge >= 0.3 is 0 Å². The van der Waals surface area contributed by atoms with Crippen LogP contribution in [0.3, 0.4) is 0 Å². The van der Waals surface area contributed by atoms with Gasteiger partial charge in [-0.2, -0.15) is 0 Å². The van der Waals surface area contributed by atoms with Crippen molar-refractivity contribution < 1.29 is 0 Å². The van der Waals surface area contributed by atoms with Crippen molar-refractivity contribution in [2.45, 2.75) is 26.7 Å². The first-order valence-electron chi connectivity index (χ1n) is 6.99. The Kier molecular flexibility index (Phi) is 3.23. The lowest BCUT2D eigenvalue weighted by Crippen LogP contribution is -2.01. The fourth-order valence-electron chi connectivity index (χ4n) is 2.44. The SMILES string of the molecule is Cc1cccc2nc(C(C)C)c(-c3ccccc3)nc12. The largest absolute Gasteiger partial charge is 0.249 e. The molecule has 0 saturated carbocycles. The van der Waals surface area contributed by atoms with Crippen LogP contribution in [0.1, 0.15) is 31.0 Å². The van der Waals surface area contributed by atoms with E-state index in [9.17, 15) is 0 Å². The summed E-state index contributed by atoms with van der Waals surface area (Å²) in [5.41, 5.74) is 6.34. The smallest absolute Gasteiger partial charge is 0.0927 e. The maximum Gasteiger partial charge on any atom is 0.0927 e. The van der Waals surface area contributed by atoms with E-state index >= 15 is 0 Å². The van der Waals surface area contributed by atoms with Gasteiger partial charge in [-0.1, -0.05) is 56.3 Å². The maximum atomic E-state index is 4.90. The predicted molar refractivity (Wildman–Crippen MR) is 83.8 cm³/mol. The van der Waals surface area contributed by atoms with Crippen LogP contribution in [0.4, 0.5) is 0 Å². The van der Waals surface area contributed by atoms with Crippen molar-refractivity contribution in [3.8, 4) is 11.3 Å². The Morgan fingerprint density at radius 2 is 1.60 bits per heavy atom. The topological polar surface area (TPSA) is 25.8 Å². The average Bonchev–Trinajstić information content (AvgIpc) is 2.47. The maximum absolute atomic E-state index is 4.90. The molecule has 20 heavy (non-hydrogen) atoms. The third kappa shape index (κ3) is 2.18. The molecule has 0 fully saturated rings. The van der Waals surface area contributed by atoms with E-state index in [4.69, 9.17) is 9.97 Å². The number of para-hydroxylation sites is 1. The van der Waals surface area contributed by atoms with E-state index in [0.717, 1.165) is 28.0 Å². The predicted octanol–water partition coefficient (Wildman–Crippen LogP) is 4.73. The van der Waals surface area contributed by atoms with Crippen LogP contribution in [0.2, 0.25) is 0 Å². The summed E-state index contributed by atoms with van der Waals surface area (Å²) in [4.78, 5) is 9.75. The Hall–Kier alpha value is -2.22. The number of aryl methyl sites for hydroxylation is 1. The molecule has 0 aliphatic carbocycles. The van der Waals surface area contributed by atoms with E-state index < -0.39 is 0 Å². The second-order valence-corrected chi connectivity index (χ2v) is 5.42. The molecule has 0 atom stereocenters. The number of hydrogen-bond acceptors (Lipinski definition) is 2. The minimum Gasteiger partial charge on any atom is -0.249 e. The number of benzene rings is 2. The zero-order valence-corrected chi connectivity index (χ0v) is 12.1. The molecule has 2 nitrogen and oxygen atoms in total. The number of hydrogen-bond donors (Lipinski definition) is 0. The van der Waals surface area contributed by atoms with E-state index in [1.54, 1.807) is 0 Å². The highest BCUT2D eigenvalue weighted by atomic mass is 14.8. The molecule has 2 aromatic carbocycles. The molecule has 0 spiro atoms. The van der Waals surface area contributed by atoms with Gasteiger partial charge in [0.15, 0.2) is 0 Å². The Bertz CT molecular complexity index is 746. The minimum absolute atomic E-state index is 0.350. The van der Waals surface area contributed by atoms with Crippen LogP contribution in [-0.2, 0) is 0 Å². The van der Waals surface area contributed by atoms with Crippen molar-refractivity contribution in [2.75, 3.05) is 0 Å². The fourth-order valence-corrected chi connectivity index (χ4v) is 2.44. The van der Waals surface area contributed by atoms with E-state index in [1.807, 2.05) is 30.3 Å². The second-order valence-electron chi connectivity index (χ2n) is 5.42. The number of aromatic nitrogens is 2. The van der Waals surface area contributed by atoms with Crippen LogP contribution in [-0.4, -0.2) is 9.97 Å². The fraction of sp³-hybridized carbons (Fsp3) is 0.222. The van der Waals surface area contributed by atoms with Crippen molar-refractivity contribution in [1.82, 2.24) is 9.97 Å². The lowest BCUT2D eigenvalue weighted by Gasteiger charge is -2.13. The van der Waals surface area contributed by atoms with E-state index in [0.29, 0.717) is 5.92 Å². The van der Waals surface area contributed by atoms with Gasteiger partial charge in [-0.25, -0.2) is 9.97 Å². The standard InChI is InChI=1S/C18H18N2/c1-12(2)16-18(14-9-5-4-6-10-14)20-17-13(3)8-7-11-15(17)19-16/h4-12H,1-3H3. The Morgan fingerprint density at radius 3 is 2.30 bits per heavy atom. The monoisotopic (exact) mass is 262 g/mol. The van der Waals surface area contributed by atoms with Gasteiger partial charge < -0.3 is 0 Å². The molecular weight excluding hydrogens is 244 g/mol. The average molecular weight is 262 g/mol. The highest BCUT2D eigenvalue weighted by molar-refractivity contribution is 5.81. The number of rotatable bonds is 2. The molecule has 0 unspecified atom stereocenters. The minimum atomic E-state index is 0.350. The zero-order chi connectivity index (χ0) is 14.1. The number of nitrogens with zero attached hydrogens (tertiary/aromatic N) is 2. The van der Waals surface area contributed by atoms with E-state index in [-0.39, 0.29) is 0 Å². The molecule has 2 heteroatoms. The normalized spacial score (nSPS) is 11.2. The molecule has 1 heterocycles. The van der Waals surface area contributed by atoms with Gasteiger partial charge in [0, 0.05) is 5.56 Å². The van der Waals surface area contributed by atoms with Crippen molar-refractivity contribution in [3.63, 3.8) is 0 Å². The van der Waals surface area contributed by atoms with Gasteiger partial charge in [-0.3, -0.25) is 0 Å². The molecule has 0 bridgehead atoms. The molecule has 3 rings (SSSR count). The van der Waals surface area contributed by atoms with Crippen LogP contribution in [0.5, 0.6) is 0 Å². The highest BCUT2D eigenvalue weighted by Crippen LogP contribution is 2.28. The third-order valence-corrected chi connectivity index (χ3v) is 3.52. The summed E-state index contributed by atoms with van der Waals surface area (Å²) in [6.45, 7) is 6.41. The van der Waals surface area contributed by atoms with Gasteiger partial charge in [0.25, 0.3) is 0 Å². The summed E-state index contributed by atoms with van der Waals surface area (Å²) in [5, 5.41) is 0. The van der Waals surface area contributed by atoms with Crippen molar-refractivity contribution in [2.24, 2.45) is 0 Å². The Morgan fingerprint density at radius 1 is 0.850 bits per heavy atom. The van der Waals surface area contributed by atoms with Gasteiger partial charge in [0.1, 0.15) is 0 Å². The molecule has 0 radical (unpaired) electrons. The van der Waals surface area contributed by atoms with Gasteiger partial charge in [0.2, 0.25) is 0 Å². The first-order valence-corrected chi connectivity index (χ1v) is 6.99.